The third-order valence-corrected chi connectivity index (χ3v) is 4.70. The van der Waals surface area contributed by atoms with E-state index >= 15 is 0 Å². The van der Waals surface area contributed by atoms with E-state index in [0.717, 1.165) is 14.9 Å². The maximum atomic E-state index is 6.18. The minimum absolute atomic E-state index is 0.210. The summed E-state index contributed by atoms with van der Waals surface area (Å²) in [6.07, 6.45) is 0. The van der Waals surface area contributed by atoms with Crippen LogP contribution in [0.1, 0.15) is 31.2 Å². The summed E-state index contributed by atoms with van der Waals surface area (Å²) in [5, 5.41) is 0.898. The number of nitrogens with zero attached hydrogens (tertiary/aromatic N) is 2. The van der Waals surface area contributed by atoms with Gasteiger partial charge in [-0.15, -0.1) is 11.8 Å². The van der Waals surface area contributed by atoms with Crippen molar-refractivity contribution in [2.24, 2.45) is 0 Å². The van der Waals surface area contributed by atoms with Crippen LogP contribution in [0.5, 0.6) is 0 Å². The number of hydrogen-bond donors (Lipinski definition) is 0. The van der Waals surface area contributed by atoms with Crippen molar-refractivity contribution >= 4 is 50.9 Å². The molecule has 6 heteroatoms. The molecule has 0 bridgehead atoms. The molecule has 106 valence electrons. The third-order valence-electron chi connectivity index (χ3n) is 2.64. The lowest BCUT2D eigenvalue weighted by Crippen LogP contribution is -2.01. The highest BCUT2D eigenvalue weighted by molar-refractivity contribution is 9.10. The summed E-state index contributed by atoms with van der Waals surface area (Å²) < 4.78 is 1.05. The lowest BCUT2D eigenvalue weighted by atomic mass is 10.1. The summed E-state index contributed by atoms with van der Waals surface area (Å²) in [6, 6.07) is 8.08. The lowest BCUT2D eigenvalue weighted by molar-refractivity contribution is 0.837. The van der Waals surface area contributed by atoms with E-state index in [-0.39, 0.29) is 5.92 Å². The molecule has 0 saturated carbocycles. The van der Waals surface area contributed by atoms with Gasteiger partial charge in [0, 0.05) is 14.9 Å². The molecule has 0 aliphatic rings. The molecule has 1 aromatic heterocycles. The SMILES string of the molecule is CC(C)c1c(Cl)nc(CSc2cccc(Br)c2)nc1Cl. The standard InChI is InChI=1S/C14H13BrCl2N2S/c1-8(2)12-13(16)18-11(19-14(12)17)7-20-10-5-3-4-9(15)6-10/h3-6,8H,7H2,1-2H3. The molecule has 0 N–H and O–H groups in total. The summed E-state index contributed by atoms with van der Waals surface area (Å²) in [4.78, 5) is 9.80. The third kappa shape index (κ3) is 4.10. The average Bonchev–Trinajstić information content (AvgIpc) is 2.35. The number of halogens is 3. The molecular weight excluding hydrogens is 379 g/mol. The van der Waals surface area contributed by atoms with Gasteiger partial charge in [0.2, 0.25) is 0 Å². The van der Waals surface area contributed by atoms with Gasteiger partial charge in [-0.05, 0) is 24.1 Å². The molecular formula is C14H13BrCl2N2S. The van der Waals surface area contributed by atoms with Crippen molar-refractivity contribution in [3.8, 4) is 0 Å². The smallest absolute Gasteiger partial charge is 0.142 e. The summed E-state index contributed by atoms with van der Waals surface area (Å²) in [7, 11) is 0. The van der Waals surface area contributed by atoms with Crippen LogP contribution in [0.4, 0.5) is 0 Å². The van der Waals surface area contributed by atoms with E-state index in [1.54, 1.807) is 11.8 Å². The number of rotatable bonds is 4. The summed E-state index contributed by atoms with van der Waals surface area (Å²) in [5.41, 5.74) is 0.810. The zero-order valence-corrected chi connectivity index (χ0v) is 14.9. The Bertz CT molecular complexity index is 597. The Kier molecular flexibility index (Phi) is 5.73. The van der Waals surface area contributed by atoms with Gasteiger partial charge < -0.3 is 0 Å². The zero-order valence-electron chi connectivity index (χ0n) is 11.0. The quantitative estimate of drug-likeness (QED) is 0.474. The van der Waals surface area contributed by atoms with E-state index in [9.17, 15) is 0 Å². The van der Waals surface area contributed by atoms with Crippen LogP contribution in [0.2, 0.25) is 10.3 Å². The van der Waals surface area contributed by atoms with Crippen LogP contribution in [0.15, 0.2) is 33.6 Å². The van der Waals surface area contributed by atoms with Crippen LogP contribution >= 0.6 is 50.9 Å². The van der Waals surface area contributed by atoms with Crippen molar-refractivity contribution in [2.75, 3.05) is 0 Å². The molecule has 0 aliphatic heterocycles. The highest BCUT2D eigenvalue weighted by atomic mass is 79.9. The van der Waals surface area contributed by atoms with Gasteiger partial charge in [0.15, 0.2) is 0 Å². The predicted molar refractivity (Wildman–Crippen MR) is 89.8 cm³/mol. The van der Waals surface area contributed by atoms with Crippen LogP contribution in [-0.2, 0) is 5.75 Å². The van der Waals surface area contributed by atoms with Crippen LogP contribution in [0.25, 0.3) is 0 Å². The van der Waals surface area contributed by atoms with Gasteiger partial charge in [-0.2, -0.15) is 0 Å². The number of hydrogen-bond acceptors (Lipinski definition) is 3. The van der Waals surface area contributed by atoms with Gasteiger partial charge in [-0.3, -0.25) is 0 Å². The van der Waals surface area contributed by atoms with Gasteiger partial charge in [0.25, 0.3) is 0 Å². The number of thioether (sulfide) groups is 1. The van der Waals surface area contributed by atoms with Crippen molar-refractivity contribution in [3.05, 3.63) is 50.4 Å². The molecule has 0 spiro atoms. The van der Waals surface area contributed by atoms with Gasteiger partial charge in [-0.1, -0.05) is 59.0 Å². The molecule has 0 fully saturated rings. The van der Waals surface area contributed by atoms with Crippen LogP contribution < -0.4 is 0 Å². The zero-order chi connectivity index (χ0) is 14.7. The molecule has 2 nitrogen and oxygen atoms in total. The topological polar surface area (TPSA) is 25.8 Å². The van der Waals surface area contributed by atoms with Gasteiger partial charge in [0.1, 0.15) is 16.1 Å². The Morgan fingerprint density at radius 2 is 1.85 bits per heavy atom. The molecule has 0 atom stereocenters. The Morgan fingerprint density at radius 1 is 1.20 bits per heavy atom. The molecule has 0 saturated heterocycles. The van der Waals surface area contributed by atoms with E-state index in [2.05, 4.69) is 32.0 Å². The Labute approximate surface area is 141 Å². The molecule has 0 amide bonds. The van der Waals surface area contributed by atoms with Crippen molar-refractivity contribution in [1.29, 1.82) is 0 Å². The molecule has 2 rings (SSSR count). The Balaban J connectivity index is 2.15. The lowest BCUT2D eigenvalue weighted by Gasteiger charge is -2.10. The van der Waals surface area contributed by atoms with E-state index < -0.39 is 0 Å². The number of benzene rings is 1. The fraction of sp³-hybridized carbons (Fsp3) is 0.286. The first-order chi connectivity index (χ1) is 9.47. The van der Waals surface area contributed by atoms with Crippen molar-refractivity contribution in [3.63, 3.8) is 0 Å². The second kappa shape index (κ2) is 7.12. The predicted octanol–water partition coefficient (Wildman–Crippen LogP) is 5.96. The van der Waals surface area contributed by atoms with Crippen molar-refractivity contribution in [2.45, 2.75) is 30.4 Å². The molecule has 0 radical (unpaired) electrons. The fourth-order valence-electron chi connectivity index (χ4n) is 1.70. The van der Waals surface area contributed by atoms with Crippen LogP contribution in [0, 0.1) is 0 Å². The van der Waals surface area contributed by atoms with E-state index in [4.69, 9.17) is 23.2 Å². The van der Waals surface area contributed by atoms with Crippen LogP contribution in [-0.4, -0.2) is 9.97 Å². The average molecular weight is 392 g/mol. The Hall–Kier alpha value is -0.290. The van der Waals surface area contributed by atoms with E-state index in [1.807, 2.05) is 32.0 Å². The van der Waals surface area contributed by atoms with E-state index in [1.165, 1.54) is 0 Å². The highest BCUT2D eigenvalue weighted by Crippen LogP contribution is 2.30. The first-order valence-corrected chi connectivity index (χ1v) is 8.61. The molecule has 20 heavy (non-hydrogen) atoms. The van der Waals surface area contributed by atoms with Crippen LogP contribution in [0.3, 0.4) is 0 Å². The highest BCUT2D eigenvalue weighted by Gasteiger charge is 2.14. The maximum absolute atomic E-state index is 6.18. The minimum atomic E-state index is 0.210. The summed E-state index contributed by atoms with van der Waals surface area (Å²) in [5.74, 6) is 1.49. The molecule has 2 aromatic rings. The van der Waals surface area contributed by atoms with Gasteiger partial charge in [0.05, 0.1) is 5.75 Å². The van der Waals surface area contributed by atoms with Crippen molar-refractivity contribution in [1.82, 2.24) is 9.97 Å². The minimum Gasteiger partial charge on any atom is -0.220 e. The van der Waals surface area contributed by atoms with E-state index in [0.29, 0.717) is 21.9 Å². The second-order valence-corrected chi connectivity index (χ2v) is 7.22. The monoisotopic (exact) mass is 390 g/mol. The Morgan fingerprint density at radius 3 is 2.40 bits per heavy atom. The molecule has 0 unspecified atom stereocenters. The second-order valence-electron chi connectivity index (χ2n) is 4.54. The molecule has 1 heterocycles. The van der Waals surface area contributed by atoms with Gasteiger partial charge >= 0.3 is 0 Å². The summed E-state index contributed by atoms with van der Waals surface area (Å²) in [6.45, 7) is 4.04. The molecule has 1 aromatic carbocycles. The fourth-order valence-corrected chi connectivity index (χ4v) is 3.92. The molecule has 0 aliphatic carbocycles. The number of aromatic nitrogens is 2. The normalized spacial score (nSPS) is 11.1. The maximum Gasteiger partial charge on any atom is 0.142 e. The summed E-state index contributed by atoms with van der Waals surface area (Å²) >= 11 is 17.5. The first-order valence-electron chi connectivity index (χ1n) is 6.07. The van der Waals surface area contributed by atoms with Crippen molar-refractivity contribution < 1.29 is 0 Å². The first kappa shape index (κ1) is 16.1. The van der Waals surface area contributed by atoms with Gasteiger partial charge in [-0.25, -0.2) is 9.97 Å². The largest absolute Gasteiger partial charge is 0.220 e.